The number of rotatable bonds is 10. The maximum Gasteiger partial charge on any atom is 0.0949 e. The lowest BCUT2D eigenvalue weighted by Crippen LogP contribution is -2.20. The van der Waals surface area contributed by atoms with Crippen LogP contribution in [0.1, 0.15) is 56.3 Å². The summed E-state index contributed by atoms with van der Waals surface area (Å²) in [5.74, 6) is 0. The molecule has 0 saturated heterocycles. The minimum Gasteiger partial charge on any atom is -0.372 e. The molecule has 2 nitrogen and oxygen atoms in total. The van der Waals surface area contributed by atoms with Gasteiger partial charge >= 0.3 is 0 Å². The van der Waals surface area contributed by atoms with Crippen molar-refractivity contribution in [2.45, 2.75) is 52.1 Å². The monoisotopic (exact) mass is 263 g/mol. The van der Waals surface area contributed by atoms with Gasteiger partial charge in [-0.3, -0.25) is 0 Å². The van der Waals surface area contributed by atoms with E-state index in [9.17, 15) is 0 Å². The maximum absolute atomic E-state index is 6.03. The van der Waals surface area contributed by atoms with Crippen LogP contribution in [0.25, 0.3) is 0 Å². The zero-order valence-electron chi connectivity index (χ0n) is 12.7. The molecule has 19 heavy (non-hydrogen) atoms. The quantitative estimate of drug-likeness (QED) is 0.637. The summed E-state index contributed by atoms with van der Waals surface area (Å²) in [5.41, 5.74) is 2.57. The lowest BCUT2D eigenvalue weighted by Gasteiger charge is -2.18. The molecule has 0 aliphatic rings. The average molecular weight is 263 g/mol. The molecule has 0 aromatic heterocycles. The molecule has 1 unspecified atom stereocenters. The highest BCUT2D eigenvalue weighted by molar-refractivity contribution is 5.23. The molecule has 0 fully saturated rings. The molecule has 0 saturated carbocycles. The van der Waals surface area contributed by atoms with Gasteiger partial charge in [0, 0.05) is 13.2 Å². The molecule has 0 amide bonds. The Kier molecular flexibility index (Phi) is 8.52. The lowest BCUT2D eigenvalue weighted by atomic mass is 10.1. The Hall–Kier alpha value is -0.860. The van der Waals surface area contributed by atoms with Crippen molar-refractivity contribution >= 4 is 0 Å². The van der Waals surface area contributed by atoms with Crippen molar-refractivity contribution in [3.05, 3.63) is 35.4 Å². The number of nitrogens with one attached hydrogen (secondary N) is 1. The van der Waals surface area contributed by atoms with E-state index in [1.807, 2.05) is 7.05 Å². The summed E-state index contributed by atoms with van der Waals surface area (Å²) in [5, 5.41) is 3.22. The molecule has 1 aromatic carbocycles. The van der Waals surface area contributed by atoms with Crippen LogP contribution in [0.15, 0.2) is 24.3 Å². The van der Waals surface area contributed by atoms with Gasteiger partial charge in [0.15, 0.2) is 0 Å². The number of hydrogen-bond acceptors (Lipinski definition) is 2. The number of aryl methyl sites for hydroxylation is 1. The first-order chi connectivity index (χ1) is 9.27. The first-order valence-corrected chi connectivity index (χ1v) is 7.60. The third kappa shape index (κ3) is 6.74. The molecule has 0 heterocycles. The summed E-state index contributed by atoms with van der Waals surface area (Å²) in [6.07, 6.45) is 6.61. The van der Waals surface area contributed by atoms with E-state index >= 15 is 0 Å². The average Bonchev–Trinajstić information content (AvgIpc) is 2.42. The smallest absolute Gasteiger partial charge is 0.0949 e. The molecular weight excluding hydrogens is 234 g/mol. The van der Waals surface area contributed by atoms with Gasteiger partial charge in [0.25, 0.3) is 0 Å². The van der Waals surface area contributed by atoms with Gasteiger partial charge < -0.3 is 10.1 Å². The van der Waals surface area contributed by atoms with Crippen LogP contribution in [0.4, 0.5) is 0 Å². The van der Waals surface area contributed by atoms with Crippen LogP contribution in [-0.2, 0) is 4.74 Å². The predicted octanol–water partition coefficient (Wildman–Crippen LogP) is 4.24. The fourth-order valence-electron chi connectivity index (χ4n) is 2.17. The molecular formula is C17H29NO. The van der Waals surface area contributed by atoms with Gasteiger partial charge in [0.1, 0.15) is 0 Å². The summed E-state index contributed by atoms with van der Waals surface area (Å²) in [6, 6.07) is 8.66. The standard InChI is InChI=1S/C17H29NO/c1-4-5-6-7-8-13-19-17(14-18-3)16-11-9-15(2)10-12-16/h9-12,17-18H,4-8,13-14H2,1-3H3. The van der Waals surface area contributed by atoms with E-state index in [2.05, 4.69) is 43.4 Å². The van der Waals surface area contributed by atoms with Crippen LogP contribution in [0, 0.1) is 6.92 Å². The second kappa shape index (κ2) is 9.99. The van der Waals surface area contributed by atoms with Crippen molar-refractivity contribution < 1.29 is 4.74 Å². The fraction of sp³-hybridized carbons (Fsp3) is 0.647. The van der Waals surface area contributed by atoms with Gasteiger partial charge in [-0.1, -0.05) is 62.4 Å². The molecule has 108 valence electrons. The molecule has 0 aliphatic heterocycles. The van der Waals surface area contributed by atoms with Crippen LogP contribution in [0.5, 0.6) is 0 Å². The van der Waals surface area contributed by atoms with Crippen LogP contribution < -0.4 is 5.32 Å². The summed E-state index contributed by atoms with van der Waals surface area (Å²) in [6.45, 7) is 6.10. The Bertz CT molecular complexity index is 321. The highest BCUT2D eigenvalue weighted by Gasteiger charge is 2.10. The van der Waals surface area contributed by atoms with Crippen LogP contribution in [0.2, 0.25) is 0 Å². The molecule has 1 aromatic rings. The van der Waals surface area contributed by atoms with E-state index in [0.717, 1.165) is 13.2 Å². The van der Waals surface area contributed by atoms with Crippen molar-refractivity contribution in [2.24, 2.45) is 0 Å². The first-order valence-electron chi connectivity index (χ1n) is 7.60. The van der Waals surface area contributed by atoms with E-state index in [0.29, 0.717) is 0 Å². The molecule has 1 rings (SSSR count). The number of benzene rings is 1. The Morgan fingerprint density at radius 3 is 2.37 bits per heavy atom. The summed E-state index contributed by atoms with van der Waals surface area (Å²) in [7, 11) is 1.98. The molecule has 2 heteroatoms. The van der Waals surface area contributed by atoms with Crippen molar-refractivity contribution in [2.75, 3.05) is 20.2 Å². The predicted molar refractivity (Wildman–Crippen MR) is 82.6 cm³/mol. The van der Waals surface area contributed by atoms with E-state index in [4.69, 9.17) is 4.74 Å². The highest BCUT2D eigenvalue weighted by atomic mass is 16.5. The highest BCUT2D eigenvalue weighted by Crippen LogP contribution is 2.18. The van der Waals surface area contributed by atoms with Gasteiger partial charge in [-0.25, -0.2) is 0 Å². The van der Waals surface area contributed by atoms with Gasteiger partial charge in [-0.05, 0) is 26.0 Å². The third-order valence-electron chi connectivity index (χ3n) is 3.41. The Morgan fingerprint density at radius 1 is 1.05 bits per heavy atom. The molecule has 1 atom stereocenters. The zero-order valence-corrected chi connectivity index (χ0v) is 12.7. The van der Waals surface area contributed by atoms with Crippen molar-refractivity contribution in [1.82, 2.24) is 5.32 Å². The Morgan fingerprint density at radius 2 is 1.74 bits per heavy atom. The maximum atomic E-state index is 6.03. The second-order valence-corrected chi connectivity index (χ2v) is 5.24. The fourth-order valence-corrected chi connectivity index (χ4v) is 2.17. The second-order valence-electron chi connectivity index (χ2n) is 5.24. The number of likely N-dealkylation sites (N-methyl/N-ethyl adjacent to an activating group) is 1. The van der Waals surface area contributed by atoms with Crippen molar-refractivity contribution in [3.63, 3.8) is 0 Å². The minimum absolute atomic E-state index is 0.178. The molecule has 0 spiro atoms. The van der Waals surface area contributed by atoms with E-state index in [-0.39, 0.29) is 6.10 Å². The van der Waals surface area contributed by atoms with Gasteiger partial charge in [-0.2, -0.15) is 0 Å². The minimum atomic E-state index is 0.178. The van der Waals surface area contributed by atoms with Crippen molar-refractivity contribution in [3.8, 4) is 0 Å². The normalized spacial score (nSPS) is 12.6. The van der Waals surface area contributed by atoms with Crippen LogP contribution >= 0.6 is 0 Å². The lowest BCUT2D eigenvalue weighted by molar-refractivity contribution is 0.0511. The van der Waals surface area contributed by atoms with Crippen LogP contribution in [0.3, 0.4) is 0 Å². The summed E-state index contributed by atoms with van der Waals surface area (Å²) < 4.78 is 6.03. The third-order valence-corrected chi connectivity index (χ3v) is 3.41. The molecule has 0 aliphatic carbocycles. The van der Waals surface area contributed by atoms with E-state index in [1.165, 1.54) is 43.2 Å². The molecule has 0 radical (unpaired) electrons. The van der Waals surface area contributed by atoms with E-state index in [1.54, 1.807) is 0 Å². The van der Waals surface area contributed by atoms with E-state index < -0.39 is 0 Å². The summed E-state index contributed by atoms with van der Waals surface area (Å²) >= 11 is 0. The number of hydrogen-bond donors (Lipinski definition) is 1. The first kappa shape index (κ1) is 16.2. The Labute approximate surface area is 118 Å². The number of unbranched alkanes of at least 4 members (excludes halogenated alkanes) is 4. The van der Waals surface area contributed by atoms with Gasteiger partial charge in [-0.15, -0.1) is 0 Å². The Balaban J connectivity index is 2.34. The summed E-state index contributed by atoms with van der Waals surface area (Å²) in [4.78, 5) is 0. The topological polar surface area (TPSA) is 21.3 Å². The van der Waals surface area contributed by atoms with Gasteiger partial charge in [0.05, 0.1) is 6.10 Å². The molecule has 1 N–H and O–H groups in total. The molecule has 0 bridgehead atoms. The zero-order chi connectivity index (χ0) is 13.9. The van der Waals surface area contributed by atoms with Gasteiger partial charge in [0.2, 0.25) is 0 Å². The number of ether oxygens (including phenoxy) is 1. The largest absolute Gasteiger partial charge is 0.372 e. The van der Waals surface area contributed by atoms with Crippen LogP contribution in [-0.4, -0.2) is 20.2 Å². The SMILES string of the molecule is CCCCCCCOC(CNC)c1ccc(C)cc1. The van der Waals surface area contributed by atoms with Crippen molar-refractivity contribution in [1.29, 1.82) is 0 Å².